The maximum atomic E-state index is 5.81. The maximum absolute atomic E-state index is 5.81. The molecule has 17 heavy (non-hydrogen) atoms. The zero-order valence-electron chi connectivity index (χ0n) is 9.70. The highest BCUT2D eigenvalue weighted by Gasteiger charge is 2.09. The monoisotopic (exact) mass is 308 g/mol. The molecule has 1 aromatic heterocycles. The van der Waals surface area contributed by atoms with Gasteiger partial charge in [-0.25, -0.2) is 4.98 Å². The number of anilines is 1. The average Bonchev–Trinajstić information content (AvgIpc) is 2.32. The van der Waals surface area contributed by atoms with Crippen molar-refractivity contribution in [3.63, 3.8) is 0 Å². The molecule has 0 bridgehead atoms. The van der Waals surface area contributed by atoms with Crippen molar-refractivity contribution in [2.24, 2.45) is 0 Å². The summed E-state index contributed by atoms with van der Waals surface area (Å²) in [6.07, 6.45) is 1.71. The number of aromatic nitrogens is 1. The van der Waals surface area contributed by atoms with Crippen molar-refractivity contribution < 1.29 is 0 Å². The number of pyridine rings is 1. The van der Waals surface area contributed by atoms with Crippen molar-refractivity contribution in [2.75, 3.05) is 5.73 Å². The van der Waals surface area contributed by atoms with E-state index in [1.165, 1.54) is 10.5 Å². The Morgan fingerprint density at radius 2 is 1.94 bits per heavy atom. The fraction of sp³-hybridized carbons (Fsp3) is 0.154. The Hall–Kier alpha value is -1.00. The summed E-state index contributed by atoms with van der Waals surface area (Å²) in [7, 11) is 0. The van der Waals surface area contributed by atoms with E-state index in [-0.39, 0.29) is 0 Å². The number of rotatable bonds is 2. The topological polar surface area (TPSA) is 38.9 Å². The number of nitrogen functional groups attached to an aromatic ring is 1. The largest absolute Gasteiger partial charge is 0.397 e. The van der Waals surface area contributed by atoms with Crippen LogP contribution in [0.3, 0.4) is 0 Å². The van der Waals surface area contributed by atoms with Gasteiger partial charge in [-0.2, -0.15) is 0 Å². The second kappa shape index (κ2) is 5.10. The molecule has 0 aliphatic rings. The fourth-order valence-corrected chi connectivity index (χ4v) is 2.92. The van der Waals surface area contributed by atoms with Crippen molar-refractivity contribution in [2.45, 2.75) is 23.8 Å². The number of nitrogens with two attached hydrogens (primary N) is 1. The highest BCUT2D eigenvalue weighted by Crippen LogP contribution is 2.36. The van der Waals surface area contributed by atoms with Gasteiger partial charge < -0.3 is 5.73 Å². The first-order chi connectivity index (χ1) is 8.09. The number of hydrogen-bond donors (Lipinski definition) is 1. The standard InChI is InChI=1S/C13H13BrN2S/c1-8-5-3-4-6-11(8)17-13-12(14)9(2)10(15)7-16-13/h3-7H,15H2,1-2H3. The first-order valence-electron chi connectivity index (χ1n) is 5.23. The summed E-state index contributed by atoms with van der Waals surface area (Å²) in [4.78, 5) is 5.58. The summed E-state index contributed by atoms with van der Waals surface area (Å²) in [5.74, 6) is 0. The number of aryl methyl sites for hydroxylation is 1. The van der Waals surface area contributed by atoms with Crippen LogP contribution in [0, 0.1) is 13.8 Å². The van der Waals surface area contributed by atoms with Gasteiger partial charge in [0.25, 0.3) is 0 Å². The van der Waals surface area contributed by atoms with Gasteiger partial charge in [-0.05, 0) is 47.0 Å². The van der Waals surface area contributed by atoms with Gasteiger partial charge >= 0.3 is 0 Å². The van der Waals surface area contributed by atoms with E-state index in [0.717, 1.165) is 15.1 Å². The summed E-state index contributed by atoms with van der Waals surface area (Å²) in [6.45, 7) is 4.09. The van der Waals surface area contributed by atoms with E-state index in [1.807, 2.05) is 19.1 Å². The minimum atomic E-state index is 0.714. The lowest BCUT2D eigenvalue weighted by molar-refractivity contribution is 1.09. The molecule has 0 fully saturated rings. The molecule has 2 nitrogen and oxygen atoms in total. The van der Waals surface area contributed by atoms with E-state index in [4.69, 9.17) is 5.73 Å². The minimum Gasteiger partial charge on any atom is -0.397 e. The number of hydrogen-bond acceptors (Lipinski definition) is 3. The van der Waals surface area contributed by atoms with Gasteiger partial charge in [-0.1, -0.05) is 30.0 Å². The van der Waals surface area contributed by atoms with Crippen LogP contribution in [0.15, 0.2) is 44.9 Å². The van der Waals surface area contributed by atoms with Gasteiger partial charge in [0.1, 0.15) is 5.03 Å². The summed E-state index contributed by atoms with van der Waals surface area (Å²) in [6, 6.07) is 8.27. The quantitative estimate of drug-likeness (QED) is 0.904. The van der Waals surface area contributed by atoms with Crippen LogP contribution in [-0.4, -0.2) is 4.98 Å². The van der Waals surface area contributed by atoms with E-state index in [9.17, 15) is 0 Å². The van der Waals surface area contributed by atoms with Crippen LogP contribution >= 0.6 is 27.7 Å². The van der Waals surface area contributed by atoms with Crippen molar-refractivity contribution in [1.29, 1.82) is 0 Å². The molecule has 0 spiro atoms. The third-order valence-electron chi connectivity index (χ3n) is 2.57. The fourth-order valence-electron chi connectivity index (χ4n) is 1.42. The molecule has 88 valence electrons. The predicted molar refractivity (Wildman–Crippen MR) is 76.4 cm³/mol. The first kappa shape index (κ1) is 12.5. The smallest absolute Gasteiger partial charge is 0.115 e. The molecule has 2 rings (SSSR count). The van der Waals surface area contributed by atoms with Crippen LogP contribution in [0.2, 0.25) is 0 Å². The molecule has 0 aliphatic heterocycles. The molecule has 0 radical (unpaired) electrons. The van der Waals surface area contributed by atoms with Crippen molar-refractivity contribution >= 4 is 33.4 Å². The van der Waals surface area contributed by atoms with Crippen LogP contribution in [0.5, 0.6) is 0 Å². The van der Waals surface area contributed by atoms with E-state index in [2.05, 4.69) is 40.0 Å². The van der Waals surface area contributed by atoms with Crippen LogP contribution in [-0.2, 0) is 0 Å². The van der Waals surface area contributed by atoms with Gasteiger partial charge in [0.15, 0.2) is 0 Å². The van der Waals surface area contributed by atoms with Gasteiger partial charge in [-0.3, -0.25) is 0 Å². The van der Waals surface area contributed by atoms with Crippen molar-refractivity contribution in [1.82, 2.24) is 4.98 Å². The minimum absolute atomic E-state index is 0.714. The lowest BCUT2D eigenvalue weighted by Crippen LogP contribution is -1.94. The molecule has 1 aromatic carbocycles. The molecule has 2 aromatic rings. The summed E-state index contributed by atoms with van der Waals surface area (Å²) >= 11 is 5.20. The van der Waals surface area contributed by atoms with Crippen LogP contribution in [0.1, 0.15) is 11.1 Å². The Morgan fingerprint density at radius 3 is 2.65 bits per heavy atom. The lowest BCUT2D eigenvalue weighted by Gasteiger charge is -2.09. The van der Waals surface area contributed by atoms with E-state index in [1.54, 1.807) is 18.0 Å². The van der Waals surface area contributed by atoms with Gasteiger partial charge in [0.2, 0.25) is 0 Å². The molecule has 0 amide bonds. The van der Waals surface area contributed by atoms with Gasteiger partial charge in [0, 0.05) is 4.90 Å². The zero-order chi connectivity index (χ0) is 12.4. The Labute approximate surface area is 114 Å². The zero-order valence-corrected chi connectivity index (χ0v) is 12.1. The molecule has 2 N–H and O–H groups in total. The van der Waals surface area contributed by atoms with Crippen molar-refractivity contribution in [3.05, 3.63) is 46.1 Å². The summed E-state index contributed by atoms with van der Waals surface area (Å²) < 4.78 is 0.978. The molecular weight excluding hydrogens is 296 g/mol. The number of benzene rings is 1. The second-order valence-corrected chi connectivity index (χ2v) is 5.65. The van der Waals surface area contributed by atoms with Crippen LogP contribution < -0.4 is 5.73 Å². The molecule has 4 heteroatoms. The van der Waals surface area contributed by atoms with E-state index < -0.39 is 0 Å². The van der Waals surface area contributed by atoms with Crippen LogP contribution in [0.4, 0.5) is 5.69 Å². The highest BCUT2D eigenvalue weighted by atomic mass is 79.9. The Morgan fingerprint density at radius 1 is 1.24 bits per heavy atom. The SMILES string of the molecule is Cc1ccccc1Sc1ncc(N)c(C)c1Br. The normalized spacial score (nSPS) is 10.5. The van der Waals surface area contributed by atoms with E-state index in [0.29, 0.717) is 5.69 Å². The van der Waals surface area contributed by atoms with Crippen LogP contribution in [0.25, 0.3) is 0 Å². The molecule has 0 atom stereocenters. The highest BCUT2D eigenvalue weighted by molar-refractivity contribution is 9.10. The van der Waals surface area contributed by atoms with E-state index >= 15 is 0 Å². The molecule has 0 saturated carbocycles. The second-order valence-electron chi connectivity index (χ2n) is 3.83. The molecule has 0 aliphatic carbocycles. The Balaban J connectivity index is 2.38. The lowest BCUT2D eigenvalue weighted by atomic mass is 10.2. The molecular formula is C13H13BrN2S. The van der Waals surface area contributed by atoms with Gasteiger partial charge in [0.05, 0.1) is 16.4 Å². The average molecular weight is 309 g/mol. The third-order valence-corrected chi connectivity index (χ3v) is 4.98. The summed E-state index contributed by atoms with van der Waals surface area (Å²) in [5.41, 5.74) is 8.81. The molecule has 0 saturated heterocycles. The summed E-state index contributed by atoms with van der Waals surface area (Å²) in [5, 5.41) is 0.950. The Kier molecular flexibility index (Phi) is 3.74. The molecule has 0 unspecified atom stereocenters. The Bertz CT molecular complexity index is 555. The van der Waals surface area contributed by atoms with Gasteiger partial charge in [-0.15, -0.1) is 0 Å². The maximum Gasteiger partial charge on any atom is 0.115 e. The van der Waals surface area contributed by atoms with Crippen molar-refractivity contribution in [3.8, 4) is 0 Å². The predicted octanol–water partition coefficient (Wildman–Crippen LogP) is 4.19. The first-order valence-corrected chi connectivity index (χ1v) is 6.84. The number of halogens is 1. The molecule has 1 heterocycles. The number of nitrogens with zero attached hydrogens (tertiary/aromatic N) is 1. The third kappa shape index (κ3) is 2.64.